The molecule has 1 heterocycles. The van der Waals surface area contributed by atoms with Crippen molar-refractivity contribution in [2.75, 3.05) is 11.9 Å². The number of carbonyl (C=O) groups is 1. The van der Waals surface area contributed by atoms with Crippen molar-refractivity contribution < 1.29 is 13.9 Å². The number of fused-ring (bicyclic) bond motifs is 1. The molecule has 1 aromatic heterocycles. The largest absolute Gasteiger partial charge is 0.482 e. The first-order valence-corrected chi connectivity index (χ1v) is 11.2. The Kier molecular flexibility index (Phi) is 6.33. The summed E-state index contributed by atoms with van der Waals surface area (Å²) in [6.07, 6.45) is 0.588. The van der Waals surface area contributed by atoms with Crippen LogP contribution in [0.1, 0.15) is 33.7 Å². The average molecular weight is 493 g/mol. The topological polar surface area (TPSA) is 64.4 Å². The number of aryl methyl sites for hydroxylation is 4. The molecular formula is C26H25BrN2O3. The van der Waals surface area contributed by atoms with E-state index >= 15 is 0 Å². The number of nitrogens with zero attached hydrogens (tertiary/aromatic N) is 1. The number of benzene rings is 3. The van der Waals surface area contributed by atoms with Crippen LogP contribution >= 0.6 is 15.9 Å². The molecule has 1 amide bonds. The zero-order chi connectivity index (χ0) is 22.8. The molecule has 0 radical (unpaired) electrons. The maximum Gasteiger partial charge on any atom is 0.262 e. The smallest absolute Gasteiger partial charge is 0.262 e. The fourth-order valence-electron chi connectivity index (χ4n) is 3.60. The fraction of sp³-hybridized carbons (Fsp3) is 0.231. The van der Waals surface area contributed by atoms with Gasteiger partial charge in [0.25, 0.3) is 5.91 Å². The molecule has 0 fully saturated rings. The Morgan fingerprint density at radius 1 is 1.00 bits per heavy atom. The molecule has 0 unspecified atom stereocenters. The maximum atomic E-state index is 12.3. The van der Waals surface area contributed by atoms with E-state index in [1.54, 1.807) is 0 Å². The molecule has 0 saturated heterocycles. The lowest BCUT2D eigenvalue weighted by Crippen LogP contribution is -2.20. The summed E-state index contributed by atoms with van der Waals surface area (Å²) in [4.78, 5) is 16.9. The lowest BCUT2D eigenvalue weighted by Gasteiger charge is -2.12. The van der Waals surface area contributed by atoms with E-state index in [0.717, 1.165) is 32.3 Å². The number of hydrogen-bond acceptors (Lipinski definition) is 4. The lowest BCUT2D eigenvalue weighted by atomic mass is 10.1. The van der Waals surface area contributed by atoms with Gasteiger partial charge in [-0.15, -0.1) is 0 Å². The first-order chi connectivity index (χ1) is 15.3. The van der Waals surface area contributed by atoms with Crippen LogP contribution in [0.4, 0.5) is 5.69 Å². The molecule has 0 aliphatic rings. The molecule has 6 heteroatoms. The van der Waals surface area contributed by atoms with Crippen LogP contribution in [0.5, 0.6) is 5.75 Å². The number of nitrogens with one attached hydrogen (secondary N) is 1. The number of hydrogen-bond donors (Lipinski definition) is 1. The van der Waals surface area contributed by atoms with Crippen molar-refractivity contribution in [2.45, 2.75) is 34.1 Å². The van der Waals surface area contributed by atoms with E-state index in [4.69, 9.17) is 9.15 Å². The van der Waals surface area contributed by atoms with Crippen LogP contribution in [0.3, 0.4) is 0 Å². The summed E-state index contributed by atoms with van der Waals surface area (Å²) in [5, 5.41) is 2.87. The van der Waals surface area contributed by atoms with Gasteiger partial charge in [0, 0.05) is 12.1 Å². The van der Waals surface area contributed by atoms with Crippen molar-refractivity contribution in [3.05, 3.63) is 86.7 Å². The van der Waals surface area contributed by atoms with Crippen molar-refractivity contribution in [3.8, 4) is 5.75 Å². The number of halogens is 1. The van der Waals surface area contributed by atoms with Crippen LogP contribution in [0.25, 0.3) is 11.1 Å². The van der Waals surface area contributed by atoms with Crippen LogP contribution in [-0.4, -0.2) is 17.5 Å². The molecule has 164 valence electrons. The predicted molar refractivity (Wildman–Crippen MR) is 130 cm³/mol. The van der Waals surface area contributed by atoms with Gasteiger partial charge in [-0.2, -0.15) is 0 Å². The van der Waals surface area contributed by atoms with Crippen molar-refractivity contribution >= 4 is 38.6 Å². The Bertz CT molecular complexity index is 1230. The molecule has 0 bridgehead atoms. The summed E-state index contributed by atoms with van der Waals surface area (Å²) in [6, 6.07) is 15.7. The highest BCUT2D eigenvalue weighted by molar-refractivity contribution is 9.10. The number of amides is 1. The molecule has 0 atom stereocenters. The number of rotatable bonds is 6. The van der Waals surface area contributed by atoms with Crippen LogP contribution in [0, 0.1) is 27.7 Å². The SMILES string of the molecule is Cc1cc(C)c(OCC(=O)Nc2ccc(Cc3nc4cc(C)c(C)cc4o3)cc2)c(Br)c1. The van der Waals surface area contributed by atoms with Gasteiger partial charge in [-0.1, -0.05) is 18.2 Å². The third-order valence-electron chi connectivity index (χ3n) is 5.36. The van der Waals surface area contributed by atoms with Crippen LogP contribution < -0.4 is 10.1 Å². The van der Waals surface area contributed by atoms with Crippen molar-refractivity contribution in [2.24, 2.45) is 0 Å². The van der Waals surface area contributed by atoms with Gasteiger partial charge in [0.1, 0.15) is 11.3 Å². The van der Waals surface area contributed by atoms with Gasteiger partial charge in [-0.25, -0.2) is 4.98 Å². The third kappa shape index (κ3) is 5.02. The molecule has 4 aromatic rings. The van der Waals surface area contributed by atoms with Crippen LogP contribution in [0.2, 0.25) is 0 Å². The molecule has 0 aliphatic carbocycles. The van der Waals surface area contributed by atoms with Gasteiger partial charge in [0.05, 0.1) is 4.47 Å². The standard InChI is InChI=1S/C26H25BrN2O3/c1-15-9-18(4)26(21(27)10-15)31-14-24(30)28-20-7-5-19(6-8-20)13-25-29-22-11-16(2)17(3)12-23(22)32-25/h5-12H,13-14H2,1-4H3,(H,28,30). The molecule has 3 aromatic carbocycles. The van der Waals surface area contributed by atoms with Crippen LogP contribution in [-0.2, 0) is 11.2 Å². The lowest BCUT2D eigenvalue weighted by molar-refractivity contribution is -0.118. The Morgan fingerprint density at radius 2 is 1.72 bits per heavy atom. The normalized spacial score (nSPS) is 11.0. The molecule has 4 rings (SSSR count). The van der Waals surface area contributed by atoms with E-state index in [2.05, 4.69) is 46.1 Å². The molecule has 1 N–H and O–H groups in total. The summed E-state index contributed by atoms with van der Waals surface area (Å²) < 4.78 is 12.5. The highest BCUT2D eigenvalue weighted by atomic mass is 79.9. The highest BCUT2D eigenvalue weighted by Crippen LogP contribution is 2.30. The van der Waals surface area contributed by atoms with Crippen LogP contribution in [0.15, 0.2) is 57.4 Å². The molecule has 32 heavy (non-hydrogen) atoms. The summed E-state index contributed by atoms with van der Waals surface area (Å²) in [7, 11) is 0. The first-order valence-electron chi connectivity index (χ1n) is 10.4. The van der Waals surface area contributed by atoms with Gasteiger partial charge >= 0.3 is 0 Å². The minimum absolute atomic E-state index is 0.0635. The van der Waals surface area contributed by atoms with Crippen molar-refractivity contribution in [3.63, 3.8) is 0 Å². The van der Waals surface area contributed by atoms with E-state index in [1.807, 2.05) is 56.3 Å². The van der Waals surface area contributed by atoms with Gasteiger partial charge < -0.3 is 14.5 Å². The van der Waals surface area contributed by atoms with E-state index in [1.165, 1.54) is 11.1 Å². The number of ether oxygens (including phenoxy) is 1. The third-order valence-corrected chi connectivity index (χ3v) is 5.95. The average Bonchev–Trinajstić information content (AvgIpc) is 3.10. The molecule has 0 spiro atoms. The van der Waals surface area contributed by atoms with E-state index in [-0.39, 0.29) is 12.5 Å². The highest BCUT2D eigenvalue weighted by Gasteiger charge is 2.11. The van der Waals surface area contributed by atoms with Gasteiger partial charge in [0.15, 0.2) is 18.1 Å². The zero-order valence-electron chi connectivity index (χ0n) is 18.6. The number of aromatic nitrogens is 1. The summed E-state index contributed by atoms with van der Waals surface area (Å²) >= 11 is 3.50. The minimum atomic E-state index is -0.214. The molecular weight excluding hydrogens is 468 g/mol. The monoisotopic (exact) mass is 492 g/mol. The second-order valence-corrected chi connectivity index (χ2v) is 8.97. The van der Waals surface area contributed by atoms with Crippen molar-refractivity contribution in [1.29, 1.82) is 0 Å². The number of carbonyl (C=O) groups excluding carboxylic acids is 1. The second-order valence-electron chi connectivity index (χ2n) is 8.12. The van der Waals surface area contributed by atoms with Gasteiger partial charge in [-0.3, -0.25) is 4.79 Å². The summed E-state index contributed by atoms with van der Waals surface area (Å²) in [6.45, 7) is 8.05. The maximum absolute atomic E-state index is 12.3. The van der Waals surface area contributed by atoms with E-state index in [9.17, 15) is 4.79 Å². The van der Waals surface area contributed by atoms with Gasteiger partial charge in [0.2, 0.25) is 0 Å². The minimum Gasteiger partial charge on any atom is -0.482 e. The quantitative estimate of drug-likeness (QED) is 0.336. The van der Waals surface area contributed by atoms with E-state index in [0.29, 0.717) is 23.7 Å². The summed E-state index contributed by atoms with van der Waals surface area (Å²) in [5.41, 5.74) is 7.96. The number of oxazole rings is 1. The Balaban J connectivity index is 1.36. The first kappa shape index (κ1) is 22.1. The Hall–Kier alpha value is -3.12. The van der Waals surface area contributed by atoms with Gasteiger partial charge in [-0.05, 0) is 102 Å². The molecule has 5 nitrogen and oxygen atoms in total. The predicted octanol–water partition coefficient (Wildman–Crippen LogP) is 6.43. The fourth-order valence-corrected chi connectivity index (χ4v) is 4.39. The zero-order valence-corrected chi connectivity index (χ0v) is 20.2. The Morgan fingerprint density at radius 3 is 2.44 bits per heavy atom. The Labute approximate surface area is 195 Å². The summed E-state index contributed by atoms with van der Waals surface area (Å²) in [5.74, 6) is 1.15. The van der Waals surface area contributed by atoms with E-state index < -0.39 is 0 Å². The molecule has 0 saturated carbocycles. The van der Waals surface area contributed by atoms with Crippen molar-refractivity contribution in [1.82, 2.24) is 4.98 Å². The second kappa shape index (κ2) is 9.17. The molecule has 0 aliphatic heterocycles. The number of anilines is 1.